The van der Waals surface area contributed by atoms with E-state index < -0.39 is 0 Å². The minimum Gasteiger partial charge on any atom is -0.374 e. The van der Waals surface area contributed by atoms with Crippen LogP contribution in [-0.2, 0) is 9.53 Å². The summed E-state index contributed by atoms with van der Waals surface area (Å²) in [5, 5.41) is 0. The third-order valence-electron chi connectivity index (χ3n) is 4.73. The van der Waals surface area contributed by atoms with Crippen LogP contribution in [0.5, 0.6) is 0 Å². The van der Waals surface area contributed by atoms with Crippen LogP contribution in [-0.4, -0.2) is 42.1 Å². The molecule has 1 saturated carbocycles. The summed E-state index contributed by atoms with van der Waals surface area (Å²) in [4.78, 5) is 14.8. The third kappa shape index (κ3) is 3.95. The smallest absolute Gasteiger partial charge is 0.225 e. The molecule has 1 aliphatic heterocycles. The van der Waals surface area contributed by atoms with E-state index in [0.717, 1.165) is 38.6 Å². The quantitative estimate of drug-likeness (QED) is 0.842. The predicted octanol–water partition coefficient (Wildman–Crippen LogP) is 2.31. The molecule has 2 N–H and O–H groups in total. The molecule has 4 heteroatoms. The first-order chi connectivity index (χ1) is 9.59. The first-order valence-corrected chi connectivity index (χ1v) is 8.27. The van der Waals surface area contributed by atoms with Gasteiger partial charge >= 0.3 is 0 Å². The number of hydrogen-bond acceptors (Lipinski definition) is 3. The molecule has 4 atom stereocenters. The number of carbonyl (C=O) groups excluding carboxylic acids is 1. The molecule has 4 nitrogen and oxygen atoms in total. The van der Waals surface area contributed by atoms with Crippen LogP contribution in [0.2, 0.25) is 0 Å². The maximum Gasteiger partial charge on any atom is 0.225 e. The lowest BCUT2D eigenvalue weighted by Gasteiger charge is -2.44. The average molecular weight is 282 g/mol. The minimum absolute atomic E-state index is 0.120. The zero-order valence-corrected chi connectivity index (χ0v) is 13.0. The Balaban J connectivity index is 1.86. The van der Waals surface area contributed by atoms with Crippen molar-refractivity contribution in [3.05, 3.63) is 0 Å². The molecule has 2 fully saturated rings. The number of nitrogens with zero attached hydrogens (tertiary/aromatic N) is 1. The van der Waals surface area contributed by atoms with Crippen molar-refractivity contribution in [3.8, 4) is 0 Å². The van der Waals surface area contributed by atoms with Gasteiger partial charge in [0.15, 0.2) is 0 Å². The van der Waals surface area contributed by atoms with E-state index in [1.807, 2.05) is 6.92 Å². The van der Waals surface area contributed by atoms with Crippen molar-refractivity contribution < 1.29 is 9.53 Å². The predicted molar refractivity (Wildman–Crippen MR) is 80.4 cm³/mol. The van der Waals surface area contributed by atoms with Crippen LogP contribution < -0.4 is 5.73 Å². The van der Waals surface area contributed by atoms with Crippen LogP contribution in [0, 0.1) is 5.92 Å². The third-order valence-corrected chi connectivity index (χ3v) is 4.73. The number of morpholine rings is 1. The Hall–Kier alpha value is -0.610. The van der Waals surface area contributed by atoms with E-state index >= 15 is 0 Å². The molecule has 20 heavy (non-hydrogen) atoms. The van der Waals surface area contributed by atoms with Gasteiger partial charge in [0.1, 0.15) is 0 Å². The van der Waals surface area contributed by atoms with Crippen molar-refractivity contribution in [1.29, 1.82) is 0 Å². The van der Waals surface area contributed by atoms with Gasteiger partial charge in [0.05, 0.1) is 18.8 Å². The van der Waals surface area contributed by atoms with Crippen LogP contribution in [0.25, 0.3) is 0 Å². The molecule has 116 valence electrons. The lowest BCUT2D eigenvalue weighted by molar-refractivity contribution is -0.153. The fourth-order valence-corrected chi connectivity index (χ4v) is 3.52. The maximum absolute atomic E-state index is 12.7. The highest BCUT2D eigenvalue weighted by Gasteiger charge is 2.37. The Bertz CT molecular complexity index is 318. The van der Waals surface area contributed by atoms with E-state index in [-0.39, 0.29) is 18.1 Å². The second-order valence-electron chi connectivity index (χ2n) is 6.60. The van der Waals surface area contributed by atoms with Crippen LogP contribution in [0.3, 0.4) is 0 Å². The molecule has 0 bridgehead atoms. The summed E-state index contributed by atoms with van der Waals surface area (Å²) in [6.45, 7) is 5.58. The normalized spacial score (nSPS) is 29.6. The van der Waals surface area contributed by atoms with E-state index in [1.165, 1.54) is 12.8 Å². The van der Waals surface area contributed by atoms with E-state index in [4.69, 9.17) is 10.5 Å². The van der Waals surface area contributed by atoms with Crippen molar-refractivity contribution in [2.45, 2.75) is 77.0 Å². The topological polar surface area (TPSA) is 55.6 Å². The second-order valence-corrected chi connectivity index (χ2v) is 6.60. The first kappa shape index (κ1) is 15.8. The molecule has 0 aromatic rings. The monoisotopic (exact) mass is 282 g/mol. The summed E-state index contributed by atoms with van der Waals surface area (Å²) >= 11 is 0. The molecule has 2 aliphatic rings. The largest absolute Gasteiger partial charge is 0.374 e. The molecule has 0 aromatic heterocycles. The van der Waals surface area contributed by atoms with Crippen molar-refractivity contribution in [1.82, 2.24) is 4.90 Å². The maximum atomic E-state index is 12.7. The van der Waals surface area contributed by atoms with Crippen molar-refractivity contribution in [2.75, 3.05) is 13.2 Å². The zero-order valence-electron chi connectivity index (χ0n) is 13.0. The lowest BCUT2D eigenvalue weighted by Crippen LogP contribution is -2.56. The van der Waals surface area contributed by atoms with Crippen LogP contribution in [0.1, 0.15) is 58.8 Å². The number of carbonyl (C=O) groups is 1. The fraction of sp³-hybridized carbons (Fsp3) is 0.938. The highest BCUT2D eigenvalue weighted by Crippen LogP contribution is 2.29. The fourth-order valence-electron chi connectivity index (χ4n) is 3.52. The number of rotatable bonds is 5. The Labute approximate surface area is 123 Å². The first-order valence-electron chi connectivity index (χ1n) is 8.27. The van der Waals surface area contributed by atoms with Gasteiger partial charge < -0.3 is 15.4 Å². The van der Waals surface area contributed by atoms with E-state index in [1.54, 1.807) is 0 Å². The molecule has 4 unspecified atom stereocenters. The Morgan fingerprint density at radius 1 is 1.30 bits per heavy atom. The van der Waals surface area contributed by atoms with E-state index in [9.17, 15) is 4.79 Å². The van der Waals surface area contributed by atoms with Crippen molar-refractivity contribution in [3.63, 3.8) is 0 Å². The van der Waals surface area contributed by atoms with Crippen LogP contribution in [0.4, 0.5) is 0 Å². The molecule has 0 spiro atoms. The molecule has 0 radical (unpaired) electrons. The highest BCUT2D eigenvalue weighted by molar-refractivity contribution is 5.79. The molecule has 1 saturated heterocycles. The van der Waals surface area contributed by atoms with Gasteiger partial charge in [0.25, 0.3) is 0 Å². The molecule has 1 aliphatic carbocycles. The van der Waals surface area contributed by atoms with Gasteiger partial charge in [-0.25, -0.2) is 0 Å². The summed E-state index contributed by atoms with van der Waals surface area (Å²) in [7, 11) is 0. The Kier molecular flexibility index (Phi) is 5.85. The number of nitrogens with two attached hydrogens (primary N) is 1. The Morgan fingerprint density at radius 2 is 2.05 bits per heavy atom. The second kappa shape index (κ2) is 7.41. The van der Waals surface area contributed by atoms with Gasteiger partial charge in [-0.1, -0.05) is 26.2 Å². The number of fused-ring (bicyclic) bond motifs is 1. The van der Waals surface area contributed by atoms with E-state index in [2.05, 4.69) is 11.8 Å². The van der Waals surface area contributed by atoms with Crippen molar-refractivity contribution >= 4 is 5.91 Å². The van der Waals surface area contributed by atoms with Gasteiger partial charge in [-0.2, -0.15) is 0 Å². The summed E-state index contributed by atoms with van der Waals surface area (Å²) in [6, 6.07) is 0.573. The molecule has 2 rings (SSSR count). The SMILES string of the molecule is CC(N)CCCC(C)C(=O)N1CCOC2CCCCC21. The number of ether oxygens (including phenoxy) is 1. The molecular weight excluding hydrogens is 252 g/mol. The minimum atomic E-state index is 0.120. The van der Waals surface area contributed by atoms with Gasteiger partial charge in [0, 0.05) is 18.5 Å². The van der Waals surface area contributed by atoms with Crippen LogP contribution >= 0.6 is 0 Å². The summed E-state index contributed by atoms with van der Waals surface area (Å²) in [5.41, 5.74) is 5.77. The standard InChI is InChI=1S/C16H30N2O2/c1-12(6-5-7-13(2)17)16(19)18-10-11-20-15-9-4-3-8-14(15)18/h12-15H,3-11,17H2,1-2H3. The van der Waals surface area contributed by atoms with Gasteiger partial charge in [-0.05, 0) is 32.6 Å². The van der Waals surface area contributed by atoms with Crippen LogP contribution in [0.15, 0.2) is 0 Å². The molecule has 1 heterocycles. The zero-order chi connectivity index (χ0) is 14.5. The summed E-state index contributed by atoms with van der Waals surface area (Å²) in [5.74, 6) is 0.448. The number of hydrogen-bond donors (Lipinski definition) is 1. The molecule has 1 amide bonds. The highest BCUT2D eigenvalue weighted by atomic mass is 16.5. The summed E-state index contributed by atoms with van der Waals surface area (Å²) in [6.07, 6.45) is 8.00. The van der Waals surface area contributed by atoms with E-state index in [0.29, 0.717) is 18.6 Å². The number of amides is 1. The van der Waals surface area contributed by atoms with Crippen molar-refractivity contribution in [2.24, 2.45) is 11.7 Å². The van der Waals surface area contributed by atoms with Gasteiger partial charge in [-0.15, -0.1) is 0 Å². The Morgan fingerprint density at radius 3 is 2.80 bits per heavy atom. The van der Waals surface area contributed by atoms with Gasteiger partial charge in [0.2, 0.25) is 5.91 Å². The molecular formula is C16H30N2O2. The average Bonchev–Trinajstić information content (AvgIpc) is 2.45. The lowest BCUT2D eigenvalue weighted by atomic mass is 9.89. The molecule has 0 aromatic carbocycles. The van der Waals surface area contributed by atoms with Gasteiger partial charge in [-0.3, -0.25) is 4.79 Å². The summed E-state index contributed by atoms with van der Waals surface area (Å²) < 4.78 is 5.84.